The van der Waals surface area contributed by atoms with Crippen LogP contribution in [-0.4, -0.2) is 38.0 Å². The van der Waals surface area contributed by atoms with E-state index in [-0.39, 0.29) is 0 Å². The average molecular weight is 344 g/mol. The standard InChI is InChI=1S/C17H18ClN5O/c1-12-19-20-15-6-7-16(21-23(12)15)22-10-8-17(24,9-11-22)13-2-4-14(18)5-3-13/h2-7,24H,8-11H2,1H3. The Morgan fingerprint density at radius 1 is 1.04 bits per heavy atom. The summed E-state index contributed by atoms with van der Waals surface area (Å²) in [5, 5.41) is 24.3. The van der Waals surface area contributed by atoms with Crippen LogP contribution < -0.4 is 4.90 Å². The second-order valence-corrected chi connectivity index (χ2v) is 6.67. The van der Waals surface area contributed by atoms with E-state index in [4.69, 9.17) is 11.6 Å². The number of nitrogens with zero attached hydrogens (tertiary/aromatic N) is 5. The number of anilines is 1. The van der Waals surface area contributed by atoms with E-state index in [9.17, 15) is 5.11 Å². The maximum absolute atomic E-state index is 11.0. The molecule has 1 saturated heterocycles. The Morgan fingerprint density at radius 3 is 2.46 bits per heavy atom. The fourth-order valence-electron chi connectivity index (χ4n) is 3.21. The first-order chi connectivity index (χ1) is 11.5. The third-order valence-corrected chi connectivity index (χ3v) is 4.95. The van der Waals surface area contributed by atoms with Gasteiger partial charge in [0.25, 0.3) is 0 Å². The molecule has 0 unspecified atom stereocenters. The van der Waals surface area contributed by atoms with Crippen molar-refractivity contribution >= 4 is 23.1 Å². The van der Waals surface area contributed by atoms with E-state index < -0.39 is 5.60 Å². The molecule has 0 radical (unpaired) electrons. The molecule has 7 heteroatoms. The maximum Gasteiger partial charge on any atom is 0.178 e. The Morgan fingerprint density at radius 2 is 1.75 bits per heavy atom. The van der Waals surface area contributed by atoms with Crippen molar-refractivity contribution in [3.63, 3.8) is 0 Å². The van der Waals surface area contributed by atoms with Gasteiger partial charge in [-0.3, -0.25) is 0 Å². The van der Waals surface area contributed by atoms with Crippen molar-refractivity contribution in [2.24, 2.45) is 0 Å². The summed E-state index contributed by atoms with van der Waals surface area (Å²) in [7, 11) is 0. The molecule has 3 aromatic rings. The van der Waals surface area contributed by atoms with Gasteiger partial charge in [-0.25, -0.2) is 0 Å². The second kappa shape index (κ2) is 5.72. The predicted molar refractivity (Wildman–Crippen MR) is 92.3 cm³/mol. The molecule has 2 aromatic heterocycles. The summed E-state index contributed by atoms with van der Waals surface area (Å²) < 4.78 is 1.75. The Balaban J connectivity index is 1.54. The smallest absolute Gasteiger partial charge is 0.178 e. The van der Waals surface area contributed by atoms with Gasteiger partial charge >= 0.3 is 0 Å². The second-order valence-electron chi connectivity index (χ2n) is 6.23. The van der Waals surface area contributed by atoms with Gasteiger partial charge in [0.2, 0.25) is 0 Å². The van der Waals surface area contributed by atoms with Crippen molar-refractivity contribution in [1.29, 1.82) is 0 Å². The number of rotatable bonds is 2. The first-order valence-electron chi connectivity index (χ1n) is 7.98. The van der Waals surface area contributed by atoms with Gasteiger partial charge in [0.15, 0.2) is 11.5 Å². The van der Waals surface area contributed by atoms with Gasteiger partial charge in [0.1, 0.15) is 5.82 Å². The Labute approximate surface area is 144 Å². The average Bonchev–Trinajstić information content (AvgIpc) is 2.97. The highest BCUT2D eigenvalue weighted by atomic mass is 35.5. The molecule has 1 aromatic carbocycles. The van der Waals surface area contributed by atoms with Crippen LogP contribution in [0.1, 0.15) is 24.2 Å². The third kappa shape index (κ3) is 2.61. The summed E-state index contributed by atoms with van der Waals surface area (Å²) in [6.45, 7) is 3.35. The van der Waals surface area contributed by atoms with Crippen molar-refractivity contribution in [2.75, 3.05) is 18.0 Å². The van der Waals surface area contributed by atoms with Gasteiger partial charge < -0.3 is 10.0 Å². The van der Waals surface area contributed by atoms with Crippen molar-refractivity contribution in [1.82, 2.24) is 19.8 Å². The number of hydrogen-bond donors (Lipinski definition) is 1. The maximum atomic E-state index is 11.0. The fourth-order valence-corrected chi connectivity index (χ4v) is 3.34. The van der Waals surface area contributed by atoms with Crippen LogP contribution in [0.25, 0.3) is 5.65 Å². The van der Waals surface area contributed by atoms with E-state index in [0.717, 1.165) is 35.9 Å². The van der Waals surface area contributed by atoms with Crippen LogP contribution in [-0.2, 0) is 5.60 Å². The highest BCUT2D eigenvalue weighted by molar-refractivity contribution is 6.30. The number of halogens is 1. The lowest BCUT2D eigenvalue weighted by Gasteiger charge is -2.39. The normalized spacial score (nSPS) is 17.4. The largest absolute Gasteiger partial charge is 0.385 e. The van der Waals surface area contributed by atoms with Crippen LogP contribution >= 0.6 is 11.6 Å². The van der Waals surface area contributed by atoms with E-state index >= 15 is 0 Å². The number of hydrogen-bond acceptors (Lipinski definition) is 5. The van der Waals surface area contributed by atoms with Gasteiger partial charge in [-0.2, -0.15) is 4.52 Å². The monoisotopic (exact) mass is 343 g/mol. The molecule has 1 aliphatic rings. The molecule has 1 aliphatic heterocycles. The third-order valence-electron chi connectivity index (χ3n) is 4.70. The minimum atomic E-state index is -0.808. The number of aliphatic hydroxyl groups is 1. The lowest BCUT2D eigenvalue weighted by Crippen LogP contribution is -2.43. The molecule has 0 atom stereocenters. The SMILES string of the molecule is Cc1nnc2ccc(N3CCC(O)(c4ccc(Cl)cc4)CC3)nn12. The molecule has 0 bridgehead atoms. The zero-order valence-electron chi connectivity index (χ0n) is 13.4. The zero-order valence-corrected chi connectivity index (χ0v) is 14.1. The zero-order chi connectivity index (χ0) is 16.7. The first kappa shape index (κ1) is 15.4. The summed E-state index contributed by atoms with van der Waals surface area (Å²) in [6, 6.07) is 11.3. The molecule has 0 amide bonds. The molecule has 0 spiro atoms. The van der Waals surface area contributed by atoms with Gasteiger partial charge in [-0.05, 0) is 49.6 Å². The van der Waals surface area contributed by atoms with Crippen LogP contribution in [0.2, 0.25) is 5.02 Å². The van der Waals surface area contributed by atoms with Crippen LogP contribution in [0.15, 0.2) is 36.4 Å². The Hall–Kier alpha value is -2.18. The minimum absolute atomic E-state index is 0.648. The highest BCUT2D eigenvalue weighted by Gasteiger charge is 2.34. The molecule has 1 N–H and O–H groups in total. The molecule has 24 heavy (non-hydrogen) atoms. The highest BCUT2D eigenvalue weighted by Crippen LogP contribution is 2.34. The lowest BCUT2D eigenvalue weighted by atomic mass is 9.84. The number of aromatic nitrogens is 4. The lowest BCUT2D eigenvalue weighted by molar-refractivity contribution is 0.0116. The molecular formula is C17H18ClN5O. The molecule has 3 heterocycles. The van der Waals surface area contributed by atoms with Crippen LogP contribution in [0.3, 0.4) is 0 Å². The van der Waals surface area contributed by atoms with E-state index in [1.807, 2.05) is 43.3 Å². The number of fused-ring (bicyclic) bond motifs is 1. The van der Waals surface area contributed by atoms with Crippen molar-refractivity contribution in [3.8, 4) is 0 Å². The van der Waals surface area contributed by atoms with E-state index in [0.29, 0.717) is 17.9 Å². The topological polar surface area (TPSA) is 66.5 Å². The predicted octanol–water partition coefficient (Wildman–Crippen LogP) is 2.57. The fraction of sp³-hybridized carbons (Fsp3) is 0.353. The van der Waals surface area contributed by atoms with Crippen molar-refractivity contribution in [2.45, 2.75) is 25.4 Å². The summed E-state index contributed by atoms with van der Waals surface area (Å²) in [4.78, 5) is 2.18. The number of piperidine rings is 1. The molecule has 0 aliphatic carbocycles. The van der Waals surface area contributed by atoms with Crippen molar-refractivity contribution < 1.29 is 5.11 Å². The Bertz CT molecular complexity index is 868. The van der Waals surface area contributed by atoms with Crippen LogP contribution in [0.5, 0.6) is 0 Å². The summed E-state index contributed by atoms with van der Waals surface area (Å²) in [5.41, 5.74) is 0.855. The van der Waals surface area contributed by atoms with E-state index in [1.165, 1.54) is 0 Å². The van der Waals surface area contributed by atoms with E-state index in [1.54, 1.807) is 4.52 Å². The Kier molecular flexibility index (Phi) is 3.66. The van der Waals surface area contributed by atoms with Gasteiger partial charge in [-0.15, -0.1) is 15.3 Å². The minimum Gasteiger partial charge on any atom is -0.385 e. The number of benzene rings is 1. The molecule has 4 rings (SSSR count). The summed E-state index contributed by atoms with van der Waals surface area (Å²) in [6.07, 6.45) is 1.30. The van der Waals surface area contributed by atoms with Crippen molar-refractivity contribution in [3.05, 3.63) is 52.8 Å². The molecule has 0 saturated carbocycles. The molecular weight excluding hydrogens is 326 g/mol. The number of aryl methyl sites for hydroxylation is 1. The first-order valence-corrected chi connectivity index (χ1v) is 8.35. The van der Waals surface area contributed by atoms with E-state index in [2.05, 4.69) is 20.2 Å². The van der Waals surface area contributed by atoms with Gasteiger partial charge in [0.05, 0.1) is 5.60 Å². The summed E-state index contributed by atoms with van der Waals surface area (Å²) in [5.74, 6) is 1.64. The summed E-state index contributed by atoms with van der Waals surface area (Å²) >= 11 is 5.94. The van der Waals surface area contributed by atoms with Gasteiger partial charge in [-0.1, -0.05) is 23.7 Å². The quantitative estimate of drug-likeness (QED) is 0.774. The molecule has 1 fully saturated rings. The molecule has 124 valence electrons. The van der Waals surface area contributed by atoms with Crippen LogP contribution in [0, 0.1) is 6.92 Å². The molecule has 6 nitrogen and oxygen atoms in total. The van der Waals surface area contributed by atoms with Crippen LogP contribution in [0.4, 0.5) is 5.82 Å². The van der Waals surface area contributed by atoms with Gasteiger partial charge in [0, 0.05) is 18.1 Å².